The first kappa shape index (κ1) is 18.3. The zero-order chi connectivity index (χ0) is 16.8. The number of hydrogen-bond donors (Lipinski definition) is 1. The molecule has 1 rings (SSSR count). The van der Waals surface area contributed by atoms with Crippen molar-refractivity contribution >= 4 is 21.6 Å². The highest BCUT2D eigenvalue weighted by Crippen LogP contribution is 2.20. The van der Waals surface area contributed by atoms with Crippen LogP contribution in [0.1, 0.15) is 26.7 Å². The molecule has 0 unspecified atom stereocenters. The topological polar surface area (TPSA) is 75.7 Å². The summed E-state index contributed by atoms with van der Waals surface area (Å²) in [5, 5.41) is 2.80. The largest absolute Gasteiger partial charge is 0.481 e. The summed E-state index contributed by atoms with van der Waals surface area (Å²) in [5.41, 5.74) is 0.537. The van der Waals surface area contributed by atoms with E-state index < -0.39 is 16.1 Å². The number of benzene rings is 1. The molecule has 1 aromatic carbocycles. The van der Waals surface area contributed by atoms with Gasteiger partial charge in [0.25, 0.3) is 5.91 Å². The Morgan fingerprint density at radius 2 is 1.91 bits per heavy atom. The monoisotopic (exact) mass is 328 g/mol. The number of anilines is 1. The van der Waals surface area contributed by atoms with Gasteiger partial charge in [-0.1, -0.05) is 13.3 Å². The van der Waals surface area contributed by atoms with Crippen molar-refractivity contribution in [2.45, 2.75) is 32.8 Å². The number of unbranched alkanes of at least 4 members (excludes halogenated alkanes) is 1. The Hall–Kier alpha value is -1.76. The van der Waals surface area contributed by atoms with Gasteiger partial charge in [0.15, 0.2) is 6.10 Å². The van der Waals surface area contributed by atoms with E-state index >= 15 is 0 Å². The highest BCUT2D eigenvalue weighted by Gasteiger charge is 2.15. The minimum atomic E-state index is -3.29. The van der Waals surface area contributed by atoms with Crippen LogP contribution in [0.25, 0.3) is 0 Å². The molecule has 0 aromatic heterocycles. The second kappa shape index (κ2) is 8.03. The average Bonchev–Trinajstić information content (AvgIpc) is 2.46. The Kier molecular flexibility index (Phi) is 6.67. The van der Waals surface area contributed by atoms with Crippen LogP contribution in [0.4, 0.5) is 5.69 Å². The fraction of sp³-hybridized carbons (Fsp3) is 0.533. The molecule has 0 spiro atoms. The Morgan fingerprint density at radius 1 is 1.32 bits per heavy atom. The zero-order valence-electron chi connectivity index (χ0n) is 13.5. The van der Waals surface area contributed by atoms with Gasteiger partial charge in [-0.05, 0) is 37.6 Å². The van der Waals surface area contributed by atoms with Crippen LogP contribution in [-0.2, 0) is 14.8 Å². The number of nitrogens with zero attached hydrogens (tertiary/aromatic N) is 1. The van der Waals surface area contributed by atoms with Crippen molar-refractivity contribution in [3.05, 3.63) is 24.3 Å². The third kappa shape index (κ3) is 5.55. The van der Waals surface area contributed by atoms with Gasteiger partial charge in [-0.3, -0.25) is 9.10 Å². The number of carbonyl (C=O) groups is 1. The van der Waals surface area contributed by atoms with Crippen LogP contribution in [-0.4, -0.2) is 40.3 Å². The number of sulfonamides is 1. The molecule has 0 heterocycles. The fourth-order valence-electron chi connectivity index (χ4n) is 1.72. The van der Waals surface area contributed by atoms with E-state index in [1.54, 1.807) is 31.2 Å². The van der Waals surface area contributed by atoms with Gasteiger partial charge in [0.1, 0.15) is 5.75 Å². The van der Waals surface area contributed by atoms with Crippen LogP contribution in [0.15, 0.2) is 24.3 Å². The van der Waals surface area contributed by atoms with Gasteiger partial charge in [0.05, 0.1) is 11.9 Å². The molecule has 0 radical (unpaired) electrons. The van der Waals surface area contributed by atoms with Crippen LogP contribution >= 0.6 is 0 Å². The van der Waals surface area contributed by atoms with Crippen LogP contribution in [0, 0.1) is 0 Å². The predicted molar refractivity (Wildman–Crippen MR) is 87.7 cm³/mol. The quantitative estimate of drug-likeness (QED) is 0.738. The molecule has 124 valence electrons. The molecular formula is C15H24N2O4S. The SMILES string of the molecule is CCCCNC(=O)[C@@H](C)Oc1ccc(N(C)S(C)(=O)=O)cc1. The highest BCUT2D eigenvalue weighted by molar-refractivity contribution is 7.92. The first-order valence-corrected chi connectivity index (χ1v) is 9.09. The minimum absolute atomic E-state index is 0.161. The maximum atomic E-state index is 11.8. The Balaban J connectivity index is 2.62. The van der Waals surface area contributed by atoms with E-state index in [9.17, 15) is 13.2 Å². The first-order valence-electron chi connectivity index (χ1n) is 7.24. The molecule has 0 bridgehead atoms. The van der Waals surface area contributed by atoms with Gasteiger partial charge in [-0.25, -0.2) is 8.42 Å². The van der Waals surface area contributed by atoms with E-state index in [2.05, 4.69) is 12.2 Å². The molecular weight excluding hydrogens is 304 g/mol. The van der Waals surface area contributed by atoms with E-state index in [4.69, 9.17) is 4.74 Å². The molecule has 6 nitrogen and oxygen atoms in total. The van der Waals surface area contributed by atoms with Crippen molar-refractivity contribution in [3.63, 3.8) is 0 Å². The lowest BCUT2D eigenvalue weighted by molar-refractivity contribution is -0.127. The normalized spacial score (nSPS) is 12.5. The van der Waals surface area contributed by atoms with E-state index in [1.807, 2.05) is 0 Å². The number of nitrogens with one attached hydrogen (secondary N) is 1. The van der Waals surface area contributed by atoms with Crippen LogP contribution in [0.5, 0.6) is 5.75 Å². The number of amides is 1. The lowest BCUT2D eigenvalue weighted by Crippen LogP contribution is -2.36. The summed E-state index contributed by atoms with van der Waals surface area (Å²) < 4.78 is 29.6. The molecule has 1 atom stereocenters. The minimum Gasteiger partial charge on any atom is -0.481 e. The highest BCUT2D eigenvalue weighted by atomic mass is 32.2. The van der Waals surface area contributed by atoms with Crippen molar-refractivity contribution < 1.29 is 17.9 Å². The molecule has 1 amide bonds. The second-order valence-corrected chi connectivity index (χ2v) is 7.14. The summed E-state index contributed by atoms with van der Waals surface area (Å²) in [6.07, 6.45) is 2.49. The van der Waals surface area contributed by atoms with Crippen molar-refractivity contribution in [2.24, 2.45) is 0 Å². The van der Waals surface area contributed by atoms with Gasteiger partial charge in [-0.15, -0.1) is 0 Å². The van der Waals surface area contributed by atoms with E-state index in [0.717, 1.165) is 19.1 Å². The van der Waals surface area contributed by atoms with Crippen LogP contribution in [0.2, 0.25) is 0 Å². The van der Waals surface area contributed by atoms with Crippen molar-refractivity contribution in [1.82, 2.24) is 5.32 Å². The van der Waals surface area contributed by atoms with Gasteiger partial charge in [0.2, 0.25) is 10.0 Å². The molecule has 0 saturated carbocycles. The average molecular weight is 328 g/mol. The number of carbonyl (C=O) groups excluding carboxylic acids is 1. The molecule has 0 aliphatic carbocycles. The van der Waals surface area contributed by atoms with E-state index in [1.165, 1.54) is 11.4 Å². The summed E-state index contributed by atoms with van der Waals surface area (Å²) in [4.78, 5) is 11.8. The van der Waals surface area contributed by atoms with Gasteiger partial charge < -0.3 is 10.1 Å². The zero-order valence-corrected chi connectivity index (χ0v) is 14.3. The third-order valence-electron chi connectivity index (χ3n) is 3.21. The number of hydrogen-bond acceptors (Lipinski definition) is 4. The number of rotatable bonds is 8. The lowest BCUT2D eigenvalue weighted by Gasteiger charge is -2.18. The molecule has 7 heteroatoms. The summed E-state index contributed by atoms with van der Waals surface area (Å²) in [6.45, 7) is 4.38. The van der Waals surface area contributed by atoms with Crippen LogP contribution in [0.3, 0.4) is 0 Å². The van der Waals surface area contributed by atoms with E-state index in [0.29, 0.717) is 18.0 Å². The third-order valence-corrected chi connectivity index (χ3v) is 4.42. The van der Waals surface area contributed by atoms with Gasteiger partial charge >= 0.3 is 0 Å². The molecule has 22 heavy (non-hydrogen) atoms. The Bertz CT molecular complexity index is 584. The second-order valence-electron chi connectivity index (χ2n) is 5.13. The standard InChI is InChI=1S/C15H24N2O4S/c1-5-6-11-16-15(18)12(2)21-14-9-7-13(8-10-14)17(3)22(4,19)20/h7-10,12H,5-6,11H2,1-4H3,(H,16,18)/t12-/m1/s1. The summed E-state index contributed by atoms with van der Waals surface area (Å²) in [6, 6.07) is 6.57. The smallest absolute Gasteiger partial charge is 0.260 e. The van der Waals surface area contributed by atoms with Gasteiger partial charge in [-0.2, -0.15) is 0 Å². The molecule has 1 aromatic rings. The lowest BCUT2D eigenvalue weighted by atomic mass is 10.3. The maximum absolute atomic E-state index is 11.8. The Labute approximate surface area is 132 Å². The predicted octanol–water partition coefficient (Wildman–Crippen LogP) is 1.77. The fourth-order valence-corrected chi connectivity index (χ4v) is 2.22. The van der Waals surface area contributed by atoms with Crippen molar-refractivity contribution in [3.8, 4) is 5.75 Å². The van der Waals surface area contributed by atoms with Crippen LogP contribution < -0.4 is 14.4 Å². The molecule has 0 saturated heterocycles. The first-order chi connectivity index (χ1) is 10.3. The summed E-state index contributed by atoms with van der Waals surface area (Å²) >= 11 is 0. The number of ether oxygens (including phenoxy) is 1. The van der Waals surface area contributed by atoms with Gasteiger partial charge in [0, 0.05) is 13.6 Å². The maximum Gasteiger partial charge on any atom is 0.260 e. The van der Waals surface area contributed by atoms with Crippen molar-refractivity contribution in [2.75, 3.05) is 24.2 Å². The molecule has 0 aliphatic rings. The summed E-state index contributed by atoms with van der Waals surface area (Å²) in [7, 11) is -1.81. The molecule has 1 N–H and O–H groups in total. The van der Waals surface area contributed by atoms with E-state index in [-0.39, 0.29) is 5.91 Å². The van der Waals surface area contributed by atoms with Crippen molar-refractivity contribution in [1.29, 1.82) is 0 Å². The molecule has 0 aliphatic heterocycles. The Morgan fingerprint density at radius 3 is 2.41 bits per heavy atom. The summed E-state index contributed by atoms with van der Waals surface area (Å²) in [5.74, 6) is 0.356. The molecule has 0 fully saturated rings.